The molecule has 7 nitrogen and oxygen atoms in total. The Morgan fingerprint density at radius 3 is 2.61 bits per heavy atom. The fourth-order valence-corrected chi connectivity index (χ4v) is 5.91. The second kappa shape index (κ2) is 8.36. The zero-order valence-corrected chi connectivity index (χ0v) is 21.3. The average Bonchev–Trinajstić information content (AvgIpc) is 3.43. The number of nitrogens with zero attached hydrogens (tertiary/aromatic N) is 5. The van der Waals surface area contributed by atoms with Crippen LogP contribution in [0.15, 0.2) is 35.6 Å². The summed E-state index contributed by atoms with van der Waals surface area (Å²) in [5, 5.41) is 5.75. The number of amides is 1. The Hall–Kier alpha value is -2.52. The molecule has 0 spiro atoms. The molecule has 174 valence electrons. The van der Waals surface area contributed by atoms with Crippen LogP contribution in [-0.4, -0.2) is 55.1 Å². The van der Waals surface area contributed by atoms with Crippen molar-refractivity contribution in [3.63, 3.8) is 0 Å². The number of imidazole rings is 1. The van der Waals surface area contributed by atoms with Crippen molar-refractivity contribution in [1.82, 2.24) is 24.1 Å². The van der Waals surface area contributed by atoms with Gasteiger partial charge < -0.3 is 9.64 Å². The van der Waals surface area contributed by atoms with E-state index in [2.05, 4.69) is 46.5 Å². The Morgan fingerprint density at radius 2 is 1.94 bits per heavy atom. The van der Waals surface area contributed by atoms with Gasteiger partial charge in [0.15, 0.2) is 4.96 Å². The van der Waals surface area contributed by atoms with Crippen molar-refractivity contribution >= 4 is 45.1 Å². The third kappa shape index (κ3) is 4.48. The lowest BCUT2D eigenvalue weighted by Gasteiger charge is -2.32. The van der Waals surface area contributed by atoms with Crippen LogP contribution < -0.4 is 0 Å². The summed E-state index contributed by atoms with van der Waals surface area (Å²) in [4.78, 5) is 22.5. The van der Waals surface area contributed by atoms with Gasteiger partial charge in [-0.05, 0) is 57.6 Å². The van der Waals surface area contributed by atoms with Crippen molar-refractivity contribution in [2.75, 3.05) is 19.3 Å². The maximum Gasteiger partial charge on any atom is 0.410 e. The molecular formula is C24H29N5O2S2. The molecule has 4 aromatic rings. The molecule has 0 bridgehead atoms. The lowest BCUT2D eigenvalue weighted by molar-refractivity contribution is 0.0204. The molecule has 5 rings (SSSR count). The van der Waals surface area contributed by atoms with Gasteiger partial charge in [-0.1, -0.05) is 11.3 Å². The molecule has 0 saturated carbocycles. The van der Waals surface area contributed by atoms with Gasteiger partial charge in [-0.15, -0.1) is 11.8 Å². The second-order valence-corrected chi connectivity index (χ2v) is 11.5. The fourth-order valence-electron chi connectivity index (χ4n) is 4.35. The number of likely N-dealkylation sites (tertiary alicyclic amines) is 1. The predicted molar refractivity (Wildman–Crippen MR) is 134 cm³/mol. The Labute approximate surface area is 201 Å². The molecule has 1 fully saturated rings. The molecule has 0 aliphatic carbocycles. The number of thioether (sulfide) groups is 1. The highest BCUT2D eigenvalue weighted by Crippen LogP contribution is 2.36. The molecule has 0 unspecified atom stereocenters. The summed E-state index contributed by atoms with van der Waals surface area (Å²) in [6.07, 6.45) is 10.1. The number of benzene rings is 1. The first-order valence-corrected chi connectivity index (χ1v) is 13.2. The number of thiazole rings is 1. The number of aryl methyl sites for hydroxylation is 1. The van der Waals surface area contributed by atoms with Crippen molar-refractivity contribution < 1.29 is 9.53 Å². The number of rotatable bonds is 3. The number of ether oxygens (including phenoxy) is 1. The summed E-state index contributed by atoms with van der Waals surface area (Å²) in [5.41, 5.74) is 2.90. The van der Waals surface area contributed by atoms with E-state index in [1.807, 2.05) is 37.4 Å². The Bertz CT molecular complexity index is 1290. The highest BCUT2D eigenvalue weighted by atomic mass is 32.2. The van der Waals surface area contributed by atoms with Gasteiger partial charge in [-0.2, -0.15) is 5.10 Å². The normalized spacial score (nSPS) is 15.6. The third-order valence-corrected chi connectivity index (χ3v) is 7.73. The van der Waals surface area contributed by atoms with Gasteiger partial charge in [0.05, 0.1) is 10.6 Å². The molecule has 1 aliphatic rings. The number of piperidine rings is 1. The van der Waals surface area contributed by atoms with Crippen molar-refractivity contribution in [3.05, 3.63) is 36.4 Å². The molecule has 0 radical (unpaired) electrons. The first-order chi connectivity index (χ1) is 15.7. The van der Waals surface area contributed by atoms with Crippen LogP contribution in [0.3, 0.4) is 0 Å². The van der Waals surface area contributed by atoms with E-state index in [0.29, 0.717) is 19.0 Å². The van der Waals surface area contributed by atoms with Crippen LogP contribution in [0, 0.1) is 0 Å². The van der Waals surface area contributed by atoms with Gasteiger partial charge in [0, 0.05) is 54.9 Å². The fraction of sp³-hybridized carbons (Fsp3) is 0.458. The van der Waals surface area contributed by atoms with E-state index in [4.69, 9.17) is 9.72 Å². The number of aromatic nitrogens is 4. The van der Waals surface area contributed by atoms with Gasteiger partial charge >= 0.3 is 6.09 Å². The van der Waals surface area contributed by atoms with E-state index in [0.717, 1.165) is 34.4 Å². The molecule has 1 aromatic carbocycles. The third-order valence-electron chi connectivity index (χ3n) is 5.93. The maximum absolute atomic E-state index is 12.3. The predicted octanol–water partition coefficient (Wildman–Crippen LogP) is 5.79. The summed E-state index contributed by atoms with van der Waals surface area (Å²) >= 11 is 3.44. The zero-order valence-electron chi connectivity index (χ0n) is 19.7. The van der Waals surface area contributed by atoms with Gasteiger partial charge in [0.2, 0.25) is 0 Å². The van der Waals surface area contributed by atoms with Gasteiger partial charge in [-0.3, -0.25) is 9.08 Å². The van der Waals surface area contributed by atoms with E-state index < -0.39 is 5.60 Å². The smallest absolute Gasteiger partial charge is 0.410 e. The first-order valence-electron chi connectivity index (χ1n) is 11.2. The first kappa shape index (κ1) is 22.3. The van der Waals surface area contributed by atoms with Crippen molar-refractivity contribution in [2.24, 2.45) is 7.05 Å². The van der Waals surface area contributed by atoms with Crippen LogP contribution in [-0.2, 0) is 11.8 Å². The molecule has 0 N–H and O–H groups in total. The van der Waals surface area contributed by atoms with E-state index in [9.17, 15) is 4.79 Å². The Morgan fingerprint density at radius 1 is 1.18 bits per heavy atom. The maximum atomic E-state index is 12.3. The highest BCUT2D eigenvalue weighted by Gasteiger charge is 2.28. The number of hydrogen-bond donors (Lipinski definition) is 0. The molecule has 4 heterocycles. The summed E-state index contributed by atoms with van der Waals surface area (Å²) < 4.78 is 9.53. The van der Waals surface area contributed by atoms with Crippen LogP contribution in [0.25, 0.3) is 26.3 Å². The van der Waals surface area contributed by atoms with Gasteiger partial charge in [-0.25, -0.2) is 9.78 Å². The lowest BCUT2D eigenvalue weighted by Crippen LogP contribution is -2.41. The van der Waals surface area contributed by atoms with Gasteiger partial charge in [0.1, 0.15) is 11.1 Å². The van der Waals surface area contributed by atoms with Crippen LogP contribution >= 0.6 is 23.1 Å². The quantitative estimate of drug-likeness (QED) is 0.345. The number of carbonyl (C=O) groups excluding carboxylic acids is 1. The standard InChI is InChI=1S/C24H29N5O2S2/c1-24(2,3)31-23(30)28-8-6-15(7-9-28)18-13-29-14-20(33-22(29)25-18)16-10-17-12-27(4)26-21(17)19(11-16)32-5/h10-15H,6-9H2,1-5H3. The van der Waals surface area contributed by atoms with Crippen LogP contribution in [0.2, 0.25) is 0 Å². The minimum absolute atomic E-state index is 0.216. The largest absolute Gasteiger partial charge is 0.444 e. The Kier molecular flexibility index (Phi) is 5.64. The van der Waals surface area contributed by atoms with Crippen LogP contribution in [0.4, 0.5) is 4.79 Å². The van der Waals surface area contributed by atoms with E-state index in [1.54, 1.807) is 23.1 Å². The van der Waals surface area contributed by atoms with Gasteiger partial charge in [0.25, 0.3) is 0 Å². The molecule has 9 heteroatoms. The molecule has 1 amide bonds. The summed E-state index contributed by atoms with van der Waals surface area (Å²) in [6, 6.07) is 4.43. The monoisotopic (exact) mass is 483 g/mol. The number of fused-ring (bicyclic) bond motifs is 2. The lowest BCUT2D eigenvalue weighted by atomic mass is 9.94. The number of hydrogen-bond acceptors (Lipinski definition) is 6. The van der Waals surface area contributed by atoms with E-state index in [-0.39, 0.29) is 6.09 Å². The molecule has 1 aliphatic heterocycles. The van der Waals surface area contributed by atoms with Crippen molar-refractivity contribution in [1.29, 1.82) is 0 Å². The molecule has 3 aromatic heterocycles. The van der Waals surface area contributed by atoms with Crippen molar-refractivity contribution in [2.45, 2.75) is 50.0 Å². The molecule has 1 saturated heterocycles. The van der Waals surface area contributed by atoms with Crippen LogP contribution in [0.1, 0.15) is 45.2 Å². The molecule has 33 heavy (non-hydrogen) atoms. The highest BCUT2D eigenvalue weighted by molar-refractivity contribution is 7.98. The summed E-state index contributed by atoms with van der Waals surface area (Å²) in [6.45, 7) is 7.12. The topological polar surface area (TPSA) is 64.7 Å². The number of carbonyl (C=O) groups is 1. The van der Waals surface area contributed by atoms with Crippen LogP contribution in [0.5, 0.6) is 0 Å². The Balaban J connectivity index is 1.33. The van der Waals surface area contributed by atoms with Crippen molar-refractivity contribution in [3.8, 4) is 10.4 Å². The SMILES string of the molecule is CSc1cc(-c2cn3cc(C4CCN(C(=O)OC(C)(C)C)CC4)nc3s2)cc2cn(C)nc12. The summed E-state index contributed by atoms with van der Waals surface area (Å²) in [5.74, 6) is 0.370. The summed E-state index contributed by atoms with van der Waals surface area (Å²) in [7, 11) is 1.96. The van der Waals surface area contributed by atoms with E-state index >= 15 is 0 Å². The zero-order chi connectivity index (χ0) is 23.3. The average molecular weight is 484 g/mol. The molecule has 0 atom stereocenters. The molecular weight excluding hydrogens is 454 g/mol. The minimum Gasteiger partial charge on any atom is -0.444 e. The minimum atomic E-state index is -0.460. The second-order valence-electron chi connectivity index (χ2n) is 9.61. The van der Waals surface area contributed by atoms with E-state index in [1.165, 1.54) is 15.3 Å².